The van der Waals surface area contributed by atoms with E-state index in [2.05, 4.69) is 20.6 Å². The van der Waals surface area contributed by atoms with Crippen molar-refractivity contribution in [3.05, 3.63) is 82.9 Å². The maximum absolute atomic E-state index is 13.7. The second kappa shape index (κ2) is 7.82. The second-order valence-corrected chi connectivity index (χ2v) is 7.18. The van der Waals surface area contributed by atoms with Crippen molar-refractivity contribution in [1.29, 1.82) is 5.41 Å². The number of alkyl halides is 3. The maximum atomic E-state index is 13.7. The van der Waals surface area contributed by atoms with Crippen LogP contribution in [0.5, 0.6) is 0 Å². The molecule has 0 bridgehead atoms. The first kappa shape index (κ1) is 20.5. The molecule has 3 aromatic rings. The highest BCUT2D eigenvalue weighted by Crippen LogP contribution is 2.38. The van der Waals surface area contributed by atoms with E-state index < -0.39 is 23.6 Å². The van der Waals surface area contributed by atoms with E-state index in [0.717, 1.165) is 6.07 Å². The SMILES string of the molecule is Cc1cnc(CNc2ccc(C(=N)C3C(=O)Nc4ccccc43)cc2C(F)(F)F)cn1. The van der Waals surface area contributed by atoms with Crippen molar-refractivity contribution in [2.75, 3.05) is 10.6 Å². The summed E-state index contributed by atoms with van der Waals surface area (Å²) < 4.78 is 41.2. The van der Waals surface area contributed by atoms with Crippen molar-refractivity contribution in [3.8, 4) is 0 Å². The van der Waals surface area contributed by atoms with Gasteiger partial charge in [0, 0.05) is 17.6 Å². The zero-order valence-corrected chi connectivity index (χ0v) is 16.4. The molecule has 0 aliphatic carbocycles. The van der Waals surface area contributed by atoms with Crippen molar-refractivity contribution in [3.63, 3.8) is 0 Å². The number of halogens is 3. The Hall–Kier alpha value is -3.75. The highest BCUT2D eigenvalue weighted by Gasteiger charge is 2.37. The van der Waals surface area contributed by atoms with Gasteiger partial charge in [0.15, 0.2) is 0 Å². The molecule has 2 heterocycles. The number of nitrogens with one attached hydrogen (secondary N) is 3. The van der Waals surface area contributed by atoms with Crippen LogP contribution in [0.2, 0.25) is 0 Å². The molecule has 1 aliphatic rings. The highest BCUT2D eigenvalue weighted by molar-refractivity contribution is 6.22. The van der Waals surface area contributed by atoms with Crippen LogP contribution in [0.4, 0.5) is 24.5 Å². The number of para-hydroxylation sites is 1. The fourth-order valence-corrected chi connectivity index (χ4v) is 3.46. The number of carbonyl (C=O) groups excluding carboxylic acids is 1. The van der Waals surface area contributed by atoms with E-state index in [4.69, 9.17) is 5.41 Å². The molecule has 0 radical (unpaired) electrons. The molecular weight excluding hydrogens is 407 g/mol. The van der Waals surface area contributed by atoms with Gasteiger partial charge in [-0.1, -0.05) is 24.3 Å². The van der Waals surface area contributed by atoms with Crippen LogP contribution in [0.15, 0.2) is 54.9 Å². The number of rotatable bonds is 5. The van der Waals surface area contributed by atoms with Crippen molar-refractivity contribution in [2.45, 2.75) is 25.6 Å². The summed E-state index contributed by atoms with van der Waals surface area (Å²) in [5.74, 6) is -1.39. The minimum absolute atomic E-state index is 0.0323. The third-order valence-electron chi connectivity index (χ3n) is 5.01. The van der Waals surface area contributed by atoms with Gasteiger partial charge in [-0.2, -0.15) is 13.2 Å². The summed E-state index contributed by atoms with van der Waals surface area (Å²) in [7, 11) is 0. The number of nitrogens with zero attached hydrogens (tertiary/aromatic N) is 2. The smallest absolute Gasteiger partial charge is 0.379 e. The molecule has 9 heteroatoms. The first-order valence-electron chi connectivity index (χ1n) is 9.45. The standard InChI is InChI=1S/C22H18F3N5O/c1-12-9-28-14(10-27-12)11-29-18-7-6-13(8-16(18)22(23,24)25)20(26)19-15-4-2-3-5-17(15)30-21(19)31/h2-10,19,26,29H,11H2,1H3,(H,30,31). The Labute approximate surface area is 176 Å². The fourth-order valence-electron chi connectivity index (χ4n) is 3.46. The monoisotopic (exact) mass is 425 g/mol. The lowest BCUT2D eigenvalue weighted by atomic mass is 9.90. The van der Waals surface area contributed by atoms with Gasteiger partial charge in [-0.3, -0.25) is 14.8 Å². The molecule has 0 fully saturated rings. The predicted octanol–water partition coefficient (Wildman–Crippen LogP) is 4.52. The van der Waals surface area contributed by atoms with Gasteiger partial charge in [0.25, 0.3) is 0 Å². The molecule has 6 nitrogen and oxygen atoms in total. The average molecular weight is 425 g/mol. The molecule has 0 spiro atoms. The Balaban J connectivity index is 1.63. The number of aryl methyl sites for hydroxylation is 1. The van der Waals surface area contributed by atoms with Crippen LogP contribution in [-0.2, 0) is 17.5 Å². The van der Waals surface area contributed by atoms with Gasteiger partial charge in [-0.05, 0) is 36.2 Å². The Morgan fingerprint density at radius 2 is 1.94 bits per heavy atom. The van der Waals surface area contributed by atoms with Gasteiger partial charge in [-0.15, -0.1) is 0 Å². The summed E-state index contributed by atoms with van der Waals surface area (Å²) in [6.45, 7) is 1.83. The van der Waals surface area contributed by atoms with Crippen LogP contribution in [0.25, 0.3) is 0 Å². The number of fused-ring (bicyclic) bond motifs is 1. The van der Waals surface area contributed by atoms with E-state index in [-0.39, 0.29) is 23.5 Å². The number of carbonyl (C=O) groups is 1. The van der Waals surface area contributed by atoms with Crippen molar-refractivity contribution in [1.82, 2.24) is 9.97 Å². The number of anilines is 2. The van der Waals surface area contributed by atoms with Crippen molar-refractivity contribution >= 4 is 23.0 Å². The number of benzene rings is 2. The van der Waals surface area contributed by atoms with Gasteiger partial charge in [0.1, 0.15) is 5.92 Å². The third-order valence-corrected chi connectivity index (χ3v) is 5.01. The molecule has 1 aromatic heterocycles. The first-order valence-corrected chi connectivity index (χ1v) is 9.45. The lowest BCUT2D eigenvalue weighted by Gasteiger charge is -2.18. The van der Waals surface area contributed by atoms with E-state index in [1.165, 1.54) is 24.5 Å². The Kier molecular flexibility index (Phi) is 5.18. The highest BCUT2D eigenvalue weighted by atomic mass is 19.4. The number of amides is 1. The number of hydrogen-bond donors (Lipinski definition) is 3. The normalized spacial score (nSPS) is 15.4. The van der Waals surface area contributed by atoms with Crippen LogP contribution in [0.1, 0.15) is 34.0 Å². The van der Waals surface area contributed by atoms with Gasteiger partial charge in [0.05, 0.1) is 35.4 Å². The van der Waals surface area contributed by atoms with Crippen LogP contribution < -0.4 is 10.6 Å². The minimum atomic E-state index is -4.65. The molecule has 1 unspecified atom stereocenters. The zero-order chi connectivity index (χ0) is 22.2. The molecule has 158 valence electrons. The third kappa shape index (κ3) is 4.11. The molecule has 1 amide bonds. The zero-order valence-electron chi connectivity index (χ0n) is 16.4. The summed E-state index contributed by atoms with van der Waals surface area (Å²) >= 11 is 0. The Morgan fingerprint density at radius 3 is 2.65 bits per heavy atom. The summed E-state index contributed by atoms with van der Waals surface area (Å²) in [5, 5.41) is 13.9. The predicted molar refractivity (Wildman–Crippen MR) is 110 cm³/mol. The molecule has 4 rings (SSSR count). The molecular formula is C22H18F3N5O. The van der Waals surface area contributed by atoms with Crippen LogP contribution in [0.3, 0.4) is 0 Å². The summed E-state index contributed by atoms with van der Waals surface area (Å²) in [5.41, 5.74) is 1.13. The van der Waals surface area contributed by atoms with E-state index in [0.29, 0.717) is 22.6 Å². The summed E-state index contributed by atoms with van der Waals surface area (Å²) in [4.78, 5) is 20.6. The topological polar surface area (TPSA) is 90.8 Å². The molecule has 0 saturated heterocycles. The van der Waals surface area contributed by atoms with Gasteiger partial charge in [0.2, 0.25) is 5.91 Å². The Morgan fingerprint density at radius 1 is 1.16 bits per heavy atom. The van der Waals surface area contributed by atoms with E-state index in [1.807, 2.05) is 0 Å². The van der Waals surface area contributed by atoms with Crippen molar-refractivity contribution in [2.24, 2.45) is 0 Å². The first-order chi connectivity index (χ1) is 14.7. The van der Waals surface area contributed by atoms with E-state index >= 15 is 0 Å². The van der Waals surface area contributed by atoms with Crippen LogP contribution in [-0.4, -0.2) is 21.6 Å². The van der Waals surface area contributed by atoms with Crippen LogP contribution in [0, 0.1) is 12.3 Å². The van der Waals surface area contributed by atoms with E-state index in [1.54, 1.807) is 31.2 Å². The summed E-state index contributed by atoms with van der Waals surface area (Å²) in [6, 6.07) is 10.4. The molecule has 3 N–H and O–H groups in total. The van der Waals surface area contributed by atoms with Gasteiger partial charge >= 0.3 is 6.18 Å². The maximum Gasteiger partial charge on any atom is 0.418 e. The molecule has 2 aromatic carbocycles. The second-order valence-electron chi connectivity index (χ2n) is 7.18. The lowest BCUT2D eigenvalue weighted by Crippen LogP contribution is -2.22. The fraction of sp³-hybridized carbons (Fsp3) is 0.182. The van der Waals surface area contributed by atoms with Gasteiger partial charge in [-0.25, -0.2) is 0 Å². The average Bonchev–Trinajstić information content (AvgIpc) is 3.07. The molecule has 31 heavy (non-hydrogen) atoms. The lowest BCUT2D eigenvalue weighted by molar-refractivity contribution is -0.137. The quantitative estimate of drug-likeness (QED) is 0.524. The van der Waals surface area contributed by atoms with Gasteiger partial charge < -0.3 is 16.0 Å². The minimum Gasteiger partial charge on any atom is -0.379 e. The largest absolute Gasteiger partial charge is 0.418 e. The molecule has 1 aliphatic heterocycles. The molecule has 1 atom stereocenters. The Bertz CT molecular complexity index is 1160. The number of hydrogen-bond acceptors (Lipinski definition) is 5. The molecule has 0 saturated carbocycles. The van der Waals surface area contributed by atoms with E-state index in [9.17, 15) is 18.0 Å². The summed E-state index contributed by atoms with van der Waals surface area (Å²) in [6.07, 6.45) is -1.61. The number of aromatic nitrogens is 2. The van der Waals surface area contributed by atoms with Crippen molar-refractivity contribution < 1.29 is 18.0 Å². The van der Waals surface area contributed by atoms with Crippen LogP contribution >= 0.6 is 0 Å².